The second kappa shape index (κ2) is 8.49. The van der Waals surface area contributed by atoms with Gasteiger partial charge in [0.15, 0.2) is 0 Å². The Balaban J connectivity index is 1.86. The van der Waals surface area contributed by atoms with E-state index in [9.17, 15) is 9.59 Å². The van der Waals surface area contributed by atoms with Crippen molar-refractivity contribution >= 4 is 39.1 Å². The van der Waals surface area contributed by atoms with Crippen molar-refractivity contribution in [3.63, 3.8) is 0 Å². The smallest absolute Gasteiger partial charge is 0.233 e. The molecule has 0 saturated heterocycles. The number of halogens is 1. The van der Waals surface area contributed by atoms with Crippen LogP contribution >= 0.6 is 15.9 Å². The van der Waals surface area contributed by atoms with E-state index in [2.05, 4.69) is 26.6 Å². The summed E-state index contributed by atoms with van der Waals surface area (Å²) >= 11 is 3.34. The van der Waals surface area contributed by atoms with Gasteiger partial charge in [0, 0.05) is 10.2 Å². The molecule has 0 atom stereocenters. The van der Waals surface area contributed by atoms with Gasteiger partial charge in [-0.25, -0.2) is 0 Å². The molecule has 5 nitrogen and oxygen atoms in total. The van der Waals surface area contributed by atoms with Crippen molar-refractivity contribution in [3.8, 4) is 5.75 Å². The van der Waals surface area contributed by atoms with Crippen molar-refractivity contribution < 1.29 is 14.3 Å². The first-order valence-electron chi connectivity index (χ1n) is 7.55. The molecule has 0 aromatic heterocycles. The number of amides is 2. The number of ether oxygens (including phenoxy) is 1. The third kappa shape index (κ3) is 5.70. The van der Waals surface area contributed by atoms with Gasteiger partial charge in [0.25, 0.3) is 0 Å². The fourth-order valence-corrected chi connectivity index (χ4v) is 2.38. The van der Waals surface area contributed by atoms with Gasteiger partial charge in [0.1, 0.15) is 12.2 Å². The predicted octanol–water partition coefficient (Wildman–Crippen LogP) is 4.20. The number of carbonyl (C=O) groups excluding carboxylic acids is 2. The summed E-state index contributed by atoms with van der Waals surface area (Å²) in [5, 5.41) is 5.38. The van der Waals surface area contributed by atoms with Gasteiger partial charge in [-0.15, -0.1) is 0 Å². The van der Waals surface area contributed by atoms with Crippen LogP contribution < -0.4 is 15.4 Å². The van der Waals surface area contributed by atoms with E-state index in [-0.39, 0.29) is 24.3 Å². The normalized spacial score (nSPS) is 10.3. The number of benzene rings is 2. The van der Waals surface area contributed by atoms with E-state index >= 15 is 0 Å². The van der Waals surface area contributed by atoms with Gasteiger partial charge in [0.05, 0.1) is 11.8 Å². The Morgan fingerprint density at radius 3 is 2.25 bits per heavy atom. The SMILES string of the molecule is CC(C)Oc1ccc(NC(=O)CC(=O)Nc2ccccc2Br)cc1. The number of para-hydroxylation sites is 1. The second-order valence-corrected chi connectivity index (χ2v) is 6.30. The van der Waals surface area contributed by atoms with Crippen molar-refractivity contribution in [1.82, 2.24) is 0 Å². The third-order valence-corrected chi connectivity index (χ3v) is 3.67. The molecule has 2 rings (SSSR count). The highest BCUT2D eigenvalue weighted by Crippen LogP contribution is 2.21. The summed E-state index contributed by atoms with van der Waals surface area (Å²) in [6.07, 6.45) is -0.169. The largest absolute Gasteiger partial charge is 0.491 e. The number of anilines is 2. The molecule has 2 N–H and O–H groups in total. The molecule has 0 aliphatic rings. The van der Waals surface area contributed by atoms with Crippen molar-refractivity contribution in [2.45, 2.75) is 26.4 Å². The van der Waals surface area contributed by atoms with Crippen LogP contribution in [0.5, 0.6) is 5.75 Å². The fourth-order valence-electron chi connectivity index (χ4n) is 2.00. The third-order valence-electron chi connectivity index (χ3n) is 2.98. The van der Waals surface area contributed by atoms with E-state index in [1.807, 2.05) is 26.0 Å². The standard InChI is InChI=1S/C18H19BrN2O3/c1-12(2)24-14-9-7-13(8-10-14)20-17(22)11-18(23)21-16-6-4-3-5-15(16)19/h3-10,12H,11H2,1-2H3,(H,20,22)(H,21,23). The molecule has 2 aromatic carbocycles. The minimum absolute atomic E-state index is 0.0893. The van der Waals surface area contributed by atoms with Crippen molar-refractivity contribution in [2.24, 2.45) is 0 Å². The number of carbonyl (C=O) groups is 2. The average Bonchev–Trinajstić information content (AvgIpc) is 2.51. The Kier molecular flexibility index (Phi) is 6.37. The summed E-state index contributed by atoms with van der Waals surface area (Å²) in [5.41, 5.74) is 1.25. The molecule has 0 radical (unpaired) electrons. The van der Waals surface area contributed by atoms with Crippen molar-refractivity contribution in [3.05, 3.63) is 53.0 Å². The van der Waals surface area contributed by atoms with E-state index in [1.165, 1.54) is 0 Å². The maximum Gasteiger partial charge on any atom is 0.233 e. The maximum absolute atomic E-state index is 11.9. The molecular weight excluding hydrogens is 372 g/mol. The highest BCUT2D eigenvalue weighted by molar-refractivity contribution is 9.10. The summed E-state index contributed by atoms with van der Waals surface area (Å²) in [6, 6.07) is 14.3. The molecule has 0 heterocycles. The minimum atomic E-state index is -0.378. The van der Waals surface area contributed by atoms with Crippen LogP contribution in [0, 0.1) is 0 Å². The lowest BCUT2D eigenvalue weighted by Crippen LogP contribution is -2.21. The van der Waals surface area contributed by atoms with Crippen LogP contribution in [0.3, 0.4) is 0 Å². The summed E-state index contributed by atoms with van der Waals surface area (Å²) < 4.78 is 6.30. The monoisotopic (exact) mass is 390 g/mol. The number of nitrogens with one attached hydrogen (secondary N) is 2. The van der Waals surface area contributed by atoms with Crippen molar-refractivity contribution in [1.29, 1.82) is 0 Å². The quantitative estimate of drug-likeness (QED) is 0.726. The second-order valence-electron chi connectivity index (χ2n) is 5.44. The minimum Gasteiger partial charge on any atom is -0.491 e. The van der Waals surface area contributed by atoms with E-state index in [4.69, 9.17) is 4.74 Å². The summed E-state index contributed by atoms with van der Waals surface area (Å²) in [6.45, 7) is 3.89. The molecule has 0 aliphatic carbocycles. The first kappa shape index (κ1) is 18.0. The Labute approximate surface area is 149 Å². The lowest BCUT2D eigenvalue weighted by molar-refractivity contribution is -0.123. The van der Waals surface area contributed by atoms with Gasteiger partial charge in [-0.3, -0.25) is 9.59 Å². The maximum atomic E-state index is 11.9. The lowest BCUT2D eigenvalue weighted by Gasteiger charge is -2.11. The summed E-state index contributed by atoms with van der Waals surface area (Å²) in [7, 11) is 0. The number of rotatable bonds is 6. The van der Waals surface area contributed by atoms with Crippen LogP contribution in [0.25, 0.3) is 0 Å². The average molecular weight is 391 g/mol. The van der Waals surface area contributed by atoms with Crippen LogP contribution in [0.15, 0.2) is 53.0 Å². The Hall–Kier alpha value is -2.34. The molecule has 2 amide bonds. The van der Waals surface area contributed by atoms with E-state index in [1.54, 1.807) is 36.4 Å². The van der Waals surface area contributed by atoms with Crippen LogP contribution in [0.1, 0.15) is 20.3 Å². The molecule has 0 unspecified atom stereocenters. The topological polar surface area (TPSA) is 67.4 Å². The summed E-state index contributed by atoms with van der Waals surface area (Å²) in [4.78, 5) is 23.9. The van der Waals surface area contributed by atoms with Gasteiger partial charge < -0.3 is 15.4 Å². The van der Waals surface area contributed by atoms with Gasteiger partial charge in [0.2, 0.25) is 11.8 Å². The molecule has 6 heteroatoms. The van der Waals surface area contributed by atoms with E-state index < -0.39 is 0 Å². The zero-order valence-corrected chi connectivity index (χ0v) is 15.1. The fraction of sp³-hybridized carbons (Fsp3) is 0.222. The molecule has 24 heavy (non-hydrogen) atoms. The zero-order chi connectivity index (χ0) is 17.5. The van der Waals surface area contributed by atoms with Crippen molar-refractivity contribution in [2.75, 3.05) is 10.6 Å². The lowest BCUT2D eigenvalue weighted by atomic mass is 10.2. The van der Waals surface area contributed by atoms with Gasteiger partial charge in [-0.2, -0.15) is 0 Å². The molecule has 0 saturated carbocycles. The molecule has 0 fully saturated rings. The first-order chi connectivity index (χ1) is 11.4. The first-order valence-corrected chi connectivity index (χ1v) is 8.34. The summed E-state index contributed by atoms with van der Waals surface area (Å²) in [5.74, 6) is -0.0223. The van der Waals surface area contributed by atoms with E-state index in [0.29, 0.717) is 11.4 Å². The highest BCUT2D eigenvalue weighted by atomic mass is 79.9. The molecule has 2 aromatic rings. The molecule has 0 bridgehead atoms. The molecule has 126 valence electrons. The Bertz CT molecular complexity index is 714. The molecular formula is C18H19BrN2O3. The van der Waals surface area contributed by atoms with Gasteiger partial charge >= 0.3 is 0 Å². The van der Waals surface area contributed by atoms with Crippen LogP contribution in [-0.2, 0) is 9.59 Å². The number of hydrogen-bond donors (Lipinski definition) is 2. The predicted molar refractivity (Wildman–Crippen MR) is 98.2 cm³/mol. The van der Waals surface area contributed by atoms with E-state index in [0.717, 1.165) is 10.2 Å². The van der Waals surface area contributed by atoms with Gasteiger partial charge in [-0.1, -0.05) is 12.1 Å². The molecule has 0 aliphatic heterocycles. The highest BCUT2D eigenvalue weighted by Gasteiger charge is 2.11. The van der Waals surface area contributed by atoms with Crippen LogP contribution in [0.2, 0.25) is 0 Å². The zero-order valence-electron chi connectivity index (χ0n) is 13.5. The van der Waals surface area contributed by atoms with Gasteiger partial charge in [-0.05, 0) is 66.2 Å². The van der Waals surface area contributed by atoms with Crippen LogP contribution in [0.4, 0.5) is 11.4 Å². The Morgan fingerprint density at radius 2 is 1.62 bits per heavy atom. The van der Waals surface area contributed by atoms with Crippen LogP contribution in [-0.4, -0.2) is 17.9 Å². The molecule has 0 spiro atoms. The Morgan fingerprint density at radius 1 is 1.00 bits per heavy atom. The number of hydrogen-bond acceptors (Lipinski definition) is 3.